The number of hydrazone groups is 1. The molecule has 5 N–H and O–H groups in total. The van der Waals surface area contributed by atoms with E-state index in [9.17, 15) is 54.7 Å². The lowest BCUT2D eigenvalue weighted by molar-refractivity contribution is -0.393. The van der Waals surface area contributed by atoms with Crippen molar-refractivity contribution in [2.24, 2.45) is 28.8 Å². The molecular weight excluding hydrogens is 917 g/mol. The molecule has 0 spiro atoms. The first-order valence-corrected chi connectivity index (χ1v) is 22.5. The standard InChI is InChI=1S/C48H56N6O16/c1-22-11-10-12-23(2)47(62)49-37-38(52-18-15-29(16-19-52)50-51-31-14-13-30(53(63)64)21-32(31)54(65)66)43(60)34-35(42(37)59)41(58)27(6)45-36(34)46(61)48(8,70-45)68-20-17-33(67-9)24(3)44(69-28(7)55)26(5)40(57)25(4)39(22)56/h10-14,17,20-22,24-26,33,39-40,44,51,56-58H,15-16,18-19H2,1-9H3,(H,49,62)/b11-10+,20-17+,23-12-/t22-,24+,25+,26+,33-,39-,40+,44+,48-/m0/s1. The number of allylic oxidation sites excluding steroid dienone is 4. The number of Topliss-reactive ketones (excluding diaryl/α,β-unsaturated/α-hetero) is 3. The number of piperidine rings is 1. The van der Waals surface area contributed by atoms with Crippen molar-refractivity contribution in [2.45, 2.75) is 98.4 Å². The third-order valence-corrected chi connectivity index (χ3v) is 13.3. The number of non-ortho nitro benzene ring substituents is 1. The molecule has 2 aromatic rings. The Bertz CT molecular complexity index is 2680. The van der Waals surface area contributed by atoms with E-state index in [2.05, 4.69) is 15.8 Å². The van der Waals surface area contributed by atoms with Gasteiger partial charge >= 0.3 is 17.4 Å². The van der Waals surface area contributed by atoms with Gasteiger partial charge in [0, 0.05) is 93.5 Å². The van der Waals surface area contributed by atoms with Crippen molar-refractivity contribution in [1.29, 1.82) is 0 Å². The molecule has 22 heteroatoms. The maximum absolute atomic E-state index is 15.1. The third kappa shape index (κ3) is 10.1. The molecular formula is C48H56N6O16. The van der Waals surface area contributed by atoms with Crippen molar-refractivity contribution in [3.05, 3.63) is 108 Å². The third-order valence-electron chi connectivity index (χ3n) is 13.3. The number of ether oxygens (including phenoxy) is 4. The number of aliphatic hydroxyl groups is 2. The van der Waals surface area contributed by atoms with Crippen LogP contribution in [0.5, 0.6) is 11.5 Å². The zero-order valence-electron chi connectivity index (χ0n) is 40.0. The molecule has 374 valence electrons. The van der Waals surface area contributed by atoms with E-state index < -0.39 is 127 Å². The lowest BCUT2D eigenvalue weighted by atomic mass is 9.78. The number of amides is 1. The van der Waals surface area contributed by atoms with Crippen LogP contribution >= 0.6 is 0 Å². The number of esters is 1. The molecule has 4 heterocycles. The lowest BCUT2D eigenvalue weighted by Crippen LogP contribution is -2.46. The maximum Gasteiger partial charge on any atom is 0.312 e. The van der Waals surface area contributed by atoms with Gasteiger partial charge in [0.2, 0.25) is 11.6 Å². The van der Waals surface area contributed by atoms with Crippen LogP contribution in [-0.2, 0) is 23.8 Å². The fraction of sp³-hybridized carbons (Fsp3) is 0.458. The monoisotopic (exact) mass is 972 g/mol. The van der Waals surface area contributed by atoms with E-state index in [1.165, 1.54) is 57.9 Å². The first kappa shape index (κ1) is 52.1. The summed E-state index contributed by atoms with van der Waals surface area (Å²) in [5.41, 5.74) is -0.384. The molecule has 7 rings (SSSR count). The minimum atomic E-state index is -2.18. The molecule has 5 bridgehead atoms. The minimum absolute atomic E-state index is 0.0108. The van der Waals surface area contributed by atoms with Gasteiger partial charge in [-0.3, -0.25) is 49.6 Å². The van der Waals surface area contributed by atoms with Crippen LogP contribution in [0.2, 0.25) is 0 Å². The largest absolute Gasteiger partial charge is 0.507 e. The number of ketones is 3. The summed E-state index contributed by atoms with van der Waals surface area (Å²) in [6.07, 6.45) is 3.16. The molecule has 70 heavy (non-hydrogen) atoms. The van der Waals surface area contributed by atoms with E-state index in [-0.39, 0.29) is 59.8 Å². The average molecular weight is 973 g/mol. The van der Waals surface area contributed by atoms with Crippen molar-refractivity contribution in [1.82, 2.24) is 10.2 Å². The Kier molecular flexibility index (Phi) is 15.4. The number of aliphatic hydroxyl groups excluding tert-OH is 2. The van der Waals surface area contributed by atoms with Crippen LogP contribution in [0.3, 0.4) is 0 Å². The van der Waals surface area contributed by atoms with Crippen LogP contribution in [0.25, 0.3) is 0 Å². The summed E-state index contributed by atoms with van der Waals surface area (Å²) in [5, 5.41) is 64.5. The van der Waals surface area contributed by atoms with Crippen LogP contribution in [0, 0.1) is 50.8 Å². The predicted molar refractivity (Wildman–Crippen MR) is 250 cm³/mol. The number of nitrogens with one attached hydrogen (secondary N) is 2. The Morgan fingerprint density at radius 3 is 2.23 bits per heavy atom. The van der Waals surface area contributed by atoms with Crippen LogP contribution < -0.4 is 15.5 Å². The molecule has 5 aliphatic rings. The van der Waals surface area contributed by atoms with Crippen molar-refractivity contribution in [2.75, 3.05) is 25.6 Å². The van der Waals surface area contributed by atoms with E-state index in [4.69, 9.17) is 18.9 Å². The number of carbonyl (C=O) groups excluding carboxylic acids is 5. The Morgan fingerprint density at radius 2 is 1.61 bits per heavy atom. The van der Waals surface area contributed by atoms with E-state index in [0.717, 1.165) is 24.5 Å². The fourth-order valence-electron chi connectivity index (χ4n) is 9.10. The SMILES string of the molecule is CO[C@H]1/C=C/O[C@@]2(C)Oc3c(C)c(O)c4c(c3C2=O)C(=O)C(N2CCC(=NNc3ccc([N+](=O)[O-])cc3[N+](=O)[O-])CC2)=C(NC(=O)/C(C)=C\C=C\[C@H](C)[C@H](O)[C@@H](C)[C@@H](O)[C@@H](C)[C@H](OC(C)=O)[C@@H]1C)C4=O. The van der Waals surface area contributed by atoms with Crippen molar-refractivity contribution < 1.29 is 68.1 Å². The van der Waals surface area contributed by atoms with Crippen molar-refractivity contribution in [3.63, 3.8) is 0 Å². The molecule has 1 fully saturated rings. The van der Waals surface area contributed by atoms with Crippen LogP contribution in [0.1, 0.15) is 97.9 Å². The van der Waals surface area contributed by atoms with Gasteiger partial charge in [-0.25, -0.2) is 0 Å². The molecule has 0 radical (unpaired) electrons. The number of aromatic hydroxyl groups is 1. The summed E-state index contributed by atoms with van der Waals surface area (Å²) in [5.74, 6) is -10.1. The zero-order chi connectivity index (χ0) is 51.7. The predicted octanol–water partition coefficient (Wildman–Crippen LogP) is 5.34. The number of phenolic OH excluding ortho intramolecular Hbond substituents is 1. The van der Waals surface area contributed by atoms with E-state index in [1.807, 2.05) is 0 Å². The quantitative estimate of drug-likeness (QED) is 0.133. The Hall–Kier alpha value is -7.30. The number of likely N-dealkylation sites (tertiary alicyclic amines) is 1. The van der Waals surface area contributed by atoms with Gasteiger partial charge in [0.25, 0.3) is 17.4 Å². The van der Waals surface area contributed by atoms with Crippen LogP contribution in [0.4, 0.5) is 17.1 Å². The average Bonchev–Trinajstić information content (AvgIpc) is 3.59. The van der Waals surface area contributed by atoms with Gasteiger partial charge in [0.05, 0.1) is 57.2 Å². The smallest absolute Gasteiger partial charge is 0.312 e. The molecule has 1 saturated heterocycles. The van der Waals surface area contributed by atoms with Gasteiger partial charge < -0.3 is 44.5 Å². The normalized spacial score (nSPS) is 29.3. The van der Waals surface area contributed by atoms with E-state index in [1.54, 1.807) is 33.8 Å². The van der Waals surface area contributed by atoms with Crippen LogP contribution in [-0.4, -0.2) is 115 Å². The second kappa shape index (κ2) is 20.7. The number of nitro groups is 2. The van der Waals surface area contributed by atoms with Gasteiger partial charge in [-0.2, -0.15) is 5.10 Å². The number of fused-ring (bicyclic) bond motifs is 14. The Morgan fingerprint density at radius 1 is 0.943 bits per heavy atom. The highest BCUT2D eigenvalue weighted by atomic mass is 16.7. The number of anilines is 1. The number of nitrogens with zero attached hydrogens (tertiary/aromatic N) is 4. The lowest BCUT2D eigenvalue weighted by Gasteiger charge is -2.38. The molecule has 1 amide bonds. The number of methoxy groups -OCH3 is 1. The highest BCUT2D eigenvalue weighted by Crippen LogP contribution is 2.49. The summed E-state index contributed by atoms with van der Waals surface area (Å²) in [7, 11) is 1.39. The first-order valence-electron chi connectivity index (χ1n) is 22.5. The molecule has 0 saturated carbocycles. The molecule has 0 aromatic heterocycles. The number of carbonyl (C=O) groups is 5. The molecule has 22 nitrogen and oxygen atoms in total. The summed E-state index contributed by atoms with van der Waals surface area (Å²) in [4.78, 5) is 93.8. The number of hydrogen-bond donors (Lipinski definition) is 5. The van der Waals surface area contributed by atoms with Gasteiger partial charge in [-0.1, -0.05) is 45.9 Å². The second-order valence-corrected chi connectivity index (χ2v) is 18.0. The Balaban J connectivity index is 1.43. The molecule has 4 aliphatic heterocycles. The fourth-order valence-corrected chi connectivity index (χ4v) is 9.10. The Labute approximate surface area is 402 Å². The molecule has 2 aromatic carbocycles. The zero-order valence-corrected chi connectivity index (χ0v) is 40.0. The molecule has 0 unspecified atom stereocenters. The molecule has 1 aliphatic carbocycles. The van der Waals surface area contributed by atoms with Crippen molar-refractivity contribution >= 4 is 52.0 Å². The summed E-state index contributed by atoms with van der Waals surface area (Å²) in [6.45, 7) is 12.0. The maximum atomic E-state index is 15.1. The summed E-state index contributed by atoms with van der Waals surface area (Å²) in [6, 6.07) is 3.02. The molecule has 9 atom stereocenters. The number of hydrogen-bond acceptors (Lipinski definition) is 19. The van der Waals surface area contributed by atoms with Crippen LogP contribution in [0.15, 0.2) is 70.8 Å². The second-order valence-electron chi connectivity index (χ2n) is 18.0. The number of rotatable bonds is 7. The highest BCUT2D eigenvalue weighted by molar-refractivity contribution is 6.32. The van der Waals surface area contributed by atoms with Crippen molar-refractivity contribution in [3.8, 4) is 11.5 Å². The number of nitro benzene ring substituents is 2. The highest BCUT2D eigenvalue weighted by Gasteiger charge is 2.53. The topological polar surface area (TPSA) is 309 Å². The van der Waals surface area contributed by atoms with E-state index in [0.29, 0.717) is 5.71 Å². The van der Waals surface area contributed by atoms with Gasteiger partial charge in [-0.05, 0) is 26.0 Å². The number of phenols is 1. The van der Waals surface area contributed by atoms with E-state index >= 15 is 4.79 Å². The summed E-state index contributed by atoms with van der Waals surface area (Å²) < 4.78 is 23.6. The van der Waals surface area contributed by atoms with Gasteiger partial charge in [-0.15, -0.1) is 0 Å². The minimum Gasteiger partial charge on any atom is -0.507 e. The van der Waals surface area contributed by atoms with Gasteiger partial charge in [0.1, 0.15) is 34.7 Å². The number of benzene rings is 2. The first-order chi connectivity index (χ1) is 32.9. The summed E-state index contributed by atoms with van der Waals surface area (Å²) >= 11 is 0. The van der Waals surface area contributed by atoms with Gasteiger partial charge in [0.15, 0.2) is 0 Å².